The fraction of sp³-hybridized carbons (Fsp3) is 0.333. The Hall–Kier alpha value is -3.60. The van der Waals surface area contributed by atoms with Crippen molar-refractivity contribution in [3.05, 3.63) is 65.4 Å². The summed E-state index contributed by atoms with van der Waals surface area (Å²) >= 11 is 0. The number of rotatable bonds is 4. The maximum absolute atomic E-state index is 13.7. The number of nitriles is 1. The molecule has 32 heavy (non-hydrogen) atoms. The van der Waals surface area contributed by atoms with Gasteiger partial charge in [0.2, 0.25) is 5.91 Å². The monoisotopic (exact) mass is 431 g/mol. The van der Waals surface area contributed by atoms with Crippen LogP contribution >= 0.6 is 0 Å². The van der Waals surface area contributed by atoms with E-state index in [1.807, 2.05) is 16.8 Å². The molecule has 3 fully saturated rings. The zero-order valence-electron chi connectivity index (χ0n) is 17.1. The van der Waals surface area contributed by atoms with Crippen molar-refractivity contribution in [3.63, 3.8) is 0 Å². The van der Waals surface area contributed by atoms with Gasteiger partial charge in [-0.3, -0.25) is 9.48 Å². The van der Waals surface area contributed by atoms with Crippen molar-refractivity contribution in [3.8, 4) is 6.07 Å². The van der Waals surface area contributed by atoms with Crippen LogP contribution in [0.3, 0.4) is 0 Å². The lowest BCUT2D eigenvalue weighted by molar-refractivity contribution is -0.223. The van der Waals surface area contributed by atoms with Crippen molar-refractivity contribution < 1.29 is 13.6 Å². The Labute approximate surface area is 182 Å². The second-order valence-electron chi connectivity index (χ2n) is 9.37. The van der Waals surface area contributed by atoms with Crippen LogP contribution in [0.1, 0.15) is 42.9 Å². The van der Waals surface area contributed by atoms with Crippen LogP contribution in [0, 0.1) is 33.8 Å². The third kappa shape index (κ3) is 2.63. The Kier molecular flexibility index (Phi) is 3.85. The summed E-state index contributed by atoms with van der Waals surface area (Å²) in [5.74, 6) is -1.85. The van der Waals surface area contributed by atoms with Crippen molar-refractivity contribution in [2.75, 3.05) is 0 Å². The molecule has 1 atom stereocenters. The van der Waals surface area contributed by atoms with Gasteiger partial charge in [-0.2, -0.15) is 15.5 Å². The summed E-state index contributed by atoms with van der Waals surface area (Å²) in [7, 11) is 0. The molecule has 0 N–H and O–H groups in total. The normalized spacial score (nSPS) is 27.8. The number of amides is 1. The minimum atomic E-state index is -0.917. The van der Waals surface area contributed by atoms with Gasteiger partial charge in [0.1, 0.15) is 0 Å². The molecule has 8 heteroatoms. The molecule has 0 spiro atoms. The fourth-order valence-electron chi connectivity index (χ4n) is 5.84. The zero-order chi connectivity index (χ0) is 22.1. The first-order valence-electron chi connectivity index (χ1n) is 10.6. The Morgan fingerprint density at radius 1 is 1.16 bits per heavy atom. The molecule has 0 radical (unpaired) electrons. The van der Waals surface area contributed by atoms with Gasteiger partial charge >= 0.3 is 0 Å². The number of nitrogens with zero attached hydrogens (tertiary/aromatic N) is 5. The number of carbonyl (C=O) groups is 1. The minimum absolute atomic E-state index is 0.0353. The maximum Gasteiger partial charge on any atom is 0.249 e. The third-order valence-electron chi connectivity index (χ3n) is 7.22. The Morgan fingerprint density at radius 3 is 2.72 bits per heavy atom. The Bertz CT molecular complexity index is 1330. The second kappa shape index (κ2) is 6.45. The van der Waals surface area contributed by atoms with Gasteiger partial charge in [0.25, 0.3) is 0 Å². The first-order valence-corrected chi connectivity index (χ1v) is 10.6. The predicted octanol–water partition coefficient (Wildman–Crippen LogP) is 4.32. The van der Waals surface area contributed by atoms with Crippen LogP contribution in [0.5, 0.6) is 0 Å². The summed E-state index contributed by atoms with van der Waals surface area (Å²) in [6.45, 7) is 0.729. The lowest BCUT2D eigenvalue weighted by Crippen LogP contribution is -2.68. The molecule has 6 nitrogen and oxygen atoms in total. The van der Waals surface area contributed by atoms with E-state index < -0.39 is 23.1 Å². The molecule has 3 aromatic rings. The van der Waals surface area contributed by atoms with E-state index in [1.165, 1.54) is 11.1 Å². The molecule has 1 unspecified atom stereocenters. The average molecular weight is 431 g/mol. The molecule has 3 aliphatic carbocycles. The lowest BCUT2D eigenvalue weighted by atomic mass is 9.34. The summed E-state index contributed by atoms with van der Waals surface area (Å²) in [5, 5.41) is 20.2. The highest BCUT2D eigenvalue weighted by Gasteiger charge is 2.72. The van der Waals surface area contributed by atoms with Gasteiger partial charge < -0.3 is 0 Å². The predicted molar refractivity (Wildman–Crippen MR) is 112 cm³/mol. The molecule has 160 valence electrons. The van der Waals surface area contributed by atoms with Gasteiger partial charge in [-0.1, -0.05) is 6.07 Å². The number of carbonyl (C=O) groups excluding carboxylic acids is 1. The van der Waals surface area contributed by atoms with Crippen LogP contribution < -0.4 is 0 Å². The van der Waals surface area contributed by atoms with Crippen molar-refractivity contribution in [2.45, 2.75) is 38.3 Å². The van der Waals surface area contributed by atoms with E-state index in [2.05, 4.69) is 16.3 Å². The van der Waals surface area contributed by atoms with Gasteiger partial charge in [0.05, 0.1) is 34.8 Å². The average Bonchev–Trinajstić information content (AvgIpc) is 3.38. The molecule has 2 heterocycles. The Morgan fingerprint density at radius 2 is 1.97 bits per heavy atom. The first kappa shape index (κ1) is 19.1. The molecular weight excluding hydrogens is 412 g/mol. The van der Waals surface area contributed by atoms with Gasteiger partial charge in [-0.05, 0) is 60.6 Å². The summed E-state index contributed by atoms with van der Waals surface area (Å²) in [5.41, 5.74) is 1.76. The maximum atomic E-state index is 13.7. The SMILES string of the molecule is N#Cc1ccc2c(cnn2CC23CC(C(=O)N4N=CCC4c4ccc(F)c(F)c4)(C2)C3)c1. The van der Waals surface area contributed by atoms with Crippen molar-refractivity contribution in [1.82, 2.24) is 14.8 Å². The van der Waals surface area contributed by atoms with Crippen LogP contribution in [-0.2, 0) is 11.3 Å². The fourth-order valence-corrected chi connectivity index (χ4v) is 5.84. The summed E-state index contributed by atoms with van der Waals surface area (Å²) < 4.78 is 29.0. The number of hydrogen-bond acceptors (Lipinski definition) is 4. The molecule has 1 aromatic heterocycles. The van der Waals surface area contributed by atoms with Crippen LogP contribution in [0.2, 0.25) is 0 Å². The Balaban J connectivity index is 1.17. The molecule has 4 aliphatic rings. The van der Waals surface area contributed by atoms with E-state index in [9.17, 15) is 13.6 Å². The largest absolute Gasteiger partial charge is 0.272 e. The minimum Gasteiger partial charge on any atom is -0.272 e. The highest BCUT2D eigenvalue weighted by Crippen LogP contribution is 2.74. The van der Waals surface area contributed by atoms with E-state index in [0.717, 1.165) is 48.8 Å². The van der Waals surface area contributed by atoms with Gasteiger partial charge in [-0.15, -0.1) is 0 Å². The van der Waals surface area contributed by atoms with Crippen LogP contribution in [-0.4, -0.2) is 26.9 Å². The highest BCUT2D eigenvalue weighted by atomic mass is 19.2. The topological polar surface area (TPSA) is 74.3 Å². The van der Waals surface area contributed by atoms with Gasteiger partial charge in [-0.25, -0.2) is 13.8 Å². The molecule has 2 bridgehead atoms. The molecular formula is C24H19F2N5O. The van der Waals surface area contributed by atoms with E-state index in [1.54, 1.807) is 18.5 Å². The second-order valence-corrected chi connectivity index (χ2v) is 9.37. The number of aromatic nitrogens is 2. The van der Waals surface area contributed by atoms with Crippen LogP contribution in [0.4, 0.5) is 8.78 Å². The number of hydrazone groups is 1. The van der Waals surface area contributed by atoms with E-state index >= 15 is 0 Å². The standard InChI is InChI=1S/C24H19F2N5O/c25-18-3-2-16(8-19(18)26)21-5-6-28-31(21)22(32)24-11-23(12-24,13-24)14-30-20-4-1-15(9-27)7-17(20)10-29-30/h1-4,6-8,10,21H,5,11-14H2. The summed E-state index contributed by atoms with van der Waals surface area (Å²) in [6, 6.07) is 11.0. The van der Waals surface area contributed by atoms with Crippen LogP contribution in [0.25, 0.3) is 10.9 Å². The van der Waals surface area contributed by atoms with Gasteiger partial charge in [0, 0.05) is 24.6 Å². The highest BCUT2D eigenvalue weighted by molar-refractivity contribution is 5.88. The number of fused-ring (bicyclic) bond motifs is 1. The van der Waals surface area contributed by atoms with E-state index in [-0.39, 0.29) is 11.3 Å². The molecule has 3 saturated carbocycles. The first-order chi connectivity index (χ1) is 15.4. The summed E-state index contributed by atoms with van der Waals surface area (Å²) in [4.78, 5) is 13.3. The van der Waals surface area contributed by atoms with Crippen LogP contribution in [0.15, 0.2) is 47.7 Å². The van der Waals surface area contributed by atoms with Gasteiger partial charge in [0.15, 0.2) is 11.6 Å². The van der Waals surface area contributed by atoms with Crippen molar-refractivity contribution >= 4 is 23.0 Å². The quantitative estimate of drug-likeness (QED) is 0.618. The third-order valence-corrected chi connectivity index (χ3v) is 7.22. The lowest BCUT2D eigenvalue weighted by Gasteiger charge is -2.69. The smallest absolute Gasteiger partial charge is 0.249 e. The molecule has 1 amide bonds. The molecule has 0 saturated heterocycles. The number of halogens is 2. The molecule has 7 rings (SSSR count). The van der Waals surface area contributed by atoms with Crippen molar-refractivity contribution in [2.24, 2.45) is 15.9 Å². The number of benzene rings is 2. The molecule has 2 aromatic carbocycles. The molecule has 1 aliphatic heterocycles. The zero-order valence-corrected chi connectivity index (χ0v) is 17.1. The van der Waals surface area contributed by atoms with E-state index in [0.29, 0.717) is 17.5 Å². The number of hydrogen-bond donors (Lipinski definition) is 0. The van der Waals surface area contributed by atoms with Crippen molar-refractivity contribution in [1.29, 1.82) is 5.26 Å². The summed E-state index contributed by atoms with van der Waals surface area (Å²) in [6.07, 6.45) is 6.24. The van der Waals surface area contributed by atoms with E-state index in [4.69, 9.17) is 5.26 Å².